The molecule has 0 unspecified atom stereocenters. The number of rotatable bonds is 4. The van der Waals surface area contributed by atoms with Crippen LogP contribution in [0.5, 0.6) is 23.0 Å². The Labute approximate surface area is 167 Å². The molecule has 4 rings (SSSR count). The first-order valence-electron chi connectivity index (χ1n) is 8.84. The second-order valence-corrected chi connectivity index (χ2v) is 6.56. The molecule has 0 saturated heterocycles. The molecule has 0 bridgehead atoms. The Hall–Kier alpha value is -3.46. The molecule has 0 aromatic heterocycles. The minimum atomic E-state index is -0.821. The van der Waals surface area contributed by atoms with Crippen LogP contribution < -0.4 is 18.9 Å². The van der Waals surface area contributed by atoms with E-state index < -0.39 is 24.6 Å². The van der Waals surface area contributed by atoms with Crippen LogP contribution in [0.25, 0.3) is 0 Å². The molecule has 0 radical (unpaired) electrons. The molecule has 2 aliphatic heterocycles. The maximum atomic E-state index is 12.4. The zero-order chi connectivity index (χ0) is 20.7. The van der Waals surface area contributed by atoms with Crippen LogP contribution in [0, 0.1) is 0 Å². The van der Waals surface area contributed by atoms with Gasteiger partial charge in [0.1, 0.15) is 0 Å². The summed E-state index contributed by atoms with van der Waals surface area (Å²) in [5, 5.41) is 0. The second kappa shape index (κ2) is 7.17. The van der Waals surface area contributed by atoms with Crippen LogP contribution in [0.2, 0.25) is 0 Å². The Morgan fingerprint density at radius 1 is 0.759 bits per heavy atom. The number of carbonyl (C=O) groups excluding carboxylic acids is 2. The summed E-state index contributed by atoms with van der Waals surface area (Å²) in [4.78, 5) is 27.5. The van der Waals surface area contributed by atoms with Gasteiger partial charge in [-0.1, -0.05) is 24.3 Å². The molecule has 2 aromatic rings. The zero-order valence-corrected chi connectivity index (χ0v) is 16.4. The van der Waals surface area contributed by atoms with Crippen LogP contribution in [0.3, 0.4) is 0 Å². The lowest BCUT2D eigenvalue weighted by Crippen LogP contribution is -2.44. The van der Waals surface area contributed by atoms with Gasteiger partial charge in [0.15, 0.2) is 35.5 Å². The van der Waals surface area contributed by atoms with Crippen LogP contribution in [0.15, 0.2) is 36.4 Å². The van der Waals surface area contributed by atoms with E-state index in [9.17, 15) is 9.59 Å². The van der Waals surface area contributed by atoms with Gasteiger partial charge in [0.2, 0.25) is 0 Å². The topological polar surface area (TPSA) is 86.8 Å². The van der Waals surface area contributed by atoms with Crippen molar-refractivity contribution in [2.75, 3.05) is 28.3 Å². The van der Waals surface area contributed by atoms with Crippen LogP contribution in [0.1, 0.15) is 23.6 Å². The van der Waals surface area contributed by atoms with E-state index in [1.54, 1.807) is 50.5 Å². The van der Waals surface area contributed by atoms with Crippen molar-refractivity contribution in [2.24, 2.45) is 0 Å². The van der Waals surface area contributed by atoms with Crippen molar-refractivity contribution in [1.29, 1.82) is 0 Å². The molecule has 0 spiro atoms. The van der Waals surface area contributed by atoms with Crippen LogP contribution >= 0.6 is 0 Å². The molecular formula is C20H20N2O7. The molecule has 2 atom stereocenters. The van der Waals surface area contributed by atoms with Crippen molar-refractivity contribution < 1.29 is 33.3 Å². The predicted octanol–water partition coefficient (Wildman–Crippen LogP) is 3.31. The van der Waals surface area contributed by atoms with E-state index in [4.69, 9.17) is 23.7 Å². The SMILES string of the molecule is COc1cccc2c1OC(=O)N(C)[C@H]2O[C@H]1c2cccc(OC)c2OC(=O)N1C. The molecule has 2 aromatic carbocycles. The lowest BCUT2D eigenvalue weighted by Gasteiger charge is -2.40. The molecule has 0 aliphatic carbocycles. The highest BCUT2D eigenvalue weighted by Gasteiger charge is 2.41. The number of hydrogen-bond donors (Lipinski definition) is 0. The van der Waals surface area contributed by atoms with Gasteiger partial charge in [0.25, 0.3) is 0 Å². The summed E-state index contributed by atoms with van der Waals surface area (Å²) in [5.74, 6) is 1.40. The molecule has 0 fully saturated rings. The molecule has 152 valence electrons. The highest BCUT2D eigenvalue weighted by molar-refractivity contribution is 5.76. The van der Waals surface area contributed by atoms with Gasteiger partial charge in [-0.3, -0.25) is 9.80 Å². The van der Waals surface area contributed by atoms with Crippen molar-refractivity contribution in [3.8, 4) is 23.0 Å². The van der Waals surface area contributed by atoms with Gasteiger partial charge in [-0.2, -0.15) is 0 Å². The fourth-order valence-corrected chi connectivity index (χ4v) is 3.37. The van der Waals surface area contributed by atoms with E-state index in [-0.39, 0.29) is 11.5 Å². The zero-order valence-electron chi connectivity index (χ0n) is 16.4. The van der Waals surface area contributed by atoms with Gasteiger partial charge < -0.3 is 23.7 Å². The summed E-state index contributed by atoms with van der Waals surface area (Å²) in [7, 11) is 6.10. The Balaban J connectivity index is 1.78. The van der Waals surface area contributed by atoms with E-state index >= 15 is 0 Å². The van der Waals surface area contributed by atoms with E-state index in [1.807, 2.05) is 0 Å². The fraction of sp³-hybridized carbons (Fsp3) is 0.300. The number of carbonyl (C=O) groups is 2. The smallest absolute Gasteiger partial charge is 0.417 e. The maximum Gasteiger partial charge on any atom is 0.417 e. The Bertz CT molecular complexity index is 900. The summed E-state index contributed by atoms with van der Waals surface area (Å²) in [6, 6.07) is 10.5. The number of hydrogen-bond acceptors (Lipinski definition) is 7. The van der Waals surface area contributed by atoms with Gasteiger partial charge in [-0.25, -0.2) is 9.59 Å². The average molecular weight is 400 g/mol. The minimum Gasteiger partial charge on any atom is -0.493 e. The van der Waals surface area contributed by atoms with E-state index in [0.29, 0.717) is 22.6 Å². The first-order chi connectivity index (χ1) is 14.0. The quantitative estimate of drug-likeness (QED) is 0.778. The van der Waals surface area contributed by atoms with E-state index in [2.05, 4.69) is 0 Å². The van der Waals surface area contributed by atoms with E-state index in [0.717, 1.165) is 0 Å². The number of para-hydroxylation sites is 2. The monoisotopic (exact) mass is 400 g/mol. The predicted molar refractivity (Wildman–Crippen MR) is 100 cm³/mol. The van der Waals surface area contributed by atoms with Crippen LogP contribution in [-0.4, -0.2) is 50.3 Å². The fourth-order valence-electron chi connectivity index (χ4n) is 3.37. The molecule has 2 amide bonds. The lowest BCUT2D eigenvalue weighted by atomic mass is 10.1. The first-order valence-corrected chi connectivity index (χ1v) is 8.84. The van der Waals surface area contributed by atoms with Crippen molar-refractivity contribution in [1.82, 2.24) is 9.80 Å². The third-order valence-corrected chi connectivity index (χ3v) is 4.91. The third kappa shape index (κ3) is 2.99. The maximum absolute atomic E-state index is 12.4. The van der Waals surface area contributed by atoms with Gasteiger partial charge in [0, 0.05) is 25.2 Å². The van der Waals surface area contributed by atoms with Gasteiger partial charge in [-0.15, -0.1) is 0 Å². The molecule has 0 N–H and O–H groups in total. The van der Waals surface area contributed by atoms with Crippen molar-refractivity contribution >= 4 is 12.2 Å². The second-order valence-electron chi connectivity index (χ2n) is 6.56. The van der Waals surface area contributed by atoms with E-state index in [1.165, 1.54) is 24.0 Å². The minimum absolute atomic E-state index is 0.287. The molecular weight excluding hydrogens is 380 g/mol. The number of benzene rings is 2. The van der Waals surface area contributed by atoms with Crippen LogP contribution in [0.4, 0.5) is 9.59 Å². The van der Waals surface area contributed by atoms with Gasteiger partial charge >= 0.3 is 12.2 Å². The van der Waals surface area contributed by atoms with Crippen LogP contribution in [-0.2, 0) is 4.74 Å². The molecule has 9 heteroatoms. The largest absolute Gasteiger partial charge is 0.493 e. The standard InChI is InChI=1S/C20H20N2O7/c1-21-17(11-7-5-9-13(25-3)15(11)27-19(21)23)29-18-12-8-6-10-14(26-4)16(12)28-20(24)22(18)2/h5-10,17-18H,1-4H3/t17-,18-/m0/s1. The summed E-state index contributed by atoms with van der Waals surface area (Å²) in [6.07, 6.45) is -2.84. The number of amides is 2. The Morgan fingerprint density at radius 3 is 1.55 bits per heavy atom. The summed E-state index contributed by atoms with van der Waals surface area (Å²) < 4.78 is 27.7. The molecule has 2 aliphatic rings. The highest BCUT2D eigenvalue weighted by atomic mass is 16.6. The third-order valence-electron chi connectivity index (χ3n) is 4.91. The number of ether oxygens (including phenoxy) is 5. The average Bonchev–Trinajstić information content (AvgIpc) is 2.73. The summed E-state index contributed by atoms with van der Waals surface area (Å²) >= 11 is 0. The molecule has 29 heavy (non-hydrogen) atoms. The van der Waals surface area contributed by atoms with Gasteiger partial charge in [-0.05, 0) is 12.1 Å². The summed E-state index contributed by atoms with van der Waals surface area (Å²) in [6.45, 7) is 0. The van der Waals surface area contributed by atoms with Crippen molar-refractivity contribution in [2.45, 2.75) is 12.5 Å². The van der Waals surface area contributed by atoms with Crippen molar-refractivity contribution in [3.05, 3.63) is 47.5 Å². The normalized spacial score (nSPS) is 20.4. The lowest BCUT2D eigenvalue weighted by molar-refractivity contribution is -0.141. The molecule has 2 heterocycles. The number of methoxy groups -OCH3 is 2. The Kier molecular flexibility index (Phi) is 4.67. The van der Waals surface area contributed by atoms with Crippen molar-refractivity contribution in [3.63, 3.8) is 0 Å². The summed E-state index contributed by atoms with van der Waals surface area (Å²) in [5.41, 5.74) is 1.20. The number of fused-ring (bicyclic) bond motifs is 2. The molecule has 0 saturated carbocycles. The molecule has 9 nitrogen and oxygen atoms in total. The highest BCUT2D eigenvalue weighted by Crippen LogP contribution is 2.46. The number of nitrogens with zero attached hydrogens (tertiary/aromatic N) is 2. The Morgan fingerprint density at radius 2 is 1.17 bits per heavy atom. The van der Waals surface area contributed by atoms with Gasteiger partial charge in [0.05, 0.1) is 14.2 Å². The first kappa shape index (κ1) is 18.9.